The summed E-state index contributed by atoms with van der Waals surface area (Å²) < 4.78 is 45.7. The predicted molar refractivity (Wildman–Crippen MR) is 172 cm³/mol. The number of aromatic amines is 1. The first-order chi connectivity index (χ1) is 24.9. The average molecular weight is 784 g/mol. The van der Waals surface area contributed by atoms with Gasteiger partial charge in [-0.15, -0.1) is 0 Å². The number of imidazole rings is 1. The second-order valence-electron chi connectivity index (χ2n) is 12.0. The lowest BCUT2D eigenvalue weighted by atomic mass is 10.1. The van der Waals surface area contributed by atoms with E-state index in [0.717, 1.165) is 17.5 Å². The first kappa shape index (κ1) is 38.6. The summed E-state index contributed by atoms with van der Waals surface area (Å²) in [5, 5.41) is 52.9. The smallest absolute Gasteiger partial charge is 0.349 e. The summed E-state index contributed by atoms with van der Waals surface area (Å²) in [7, 11) is -11.6. The number of ether oxygens (including phenoxy) is 1. The van der Waals surface area contributed by atoms with Crippen LogP contribution in [-0.4, -0.2) is 114 Å². The van der Waals surface area contributed by atoms with Crippen LogP contribution in [0, 0.1) is 13.8 Å². The lowest BCUT2D eigenvalue weighted by Gasteiger charge is -2.32. The van der Waals surface area contributed by atoms with Crippen LogP contribution in [0.2, 0.25) is 0 Å². The van der Waals surface area contributed by atoms with Crippen molar-refractivity contribution in [3.05, 3.63) is 56.8 Å². The fraction of sp³-hybridized carbons (Fsp3) is 0.444. The molecule has 3 aliphatic heterocycles. The summed E-state index contributed by atoms with van der Waals surface area (Å²) in [6, 6.07) is 3.27. The molecule has 1 aromatic carbocycles. The van der Waals surface area contributed by atoms with Gasteiger partial charge in [-0.1, -0.05) is 0 Å². The van der Waals surface area contributed by atoms with E-state index in [-0.39, 0.29) is 39.5 Å². The first-order valence-corrected chi connectivity index (χ1v) is 18.3. The van der Waals surface area contributed by atoms with Gasteiger partial charge in [0, 0.05) is 0 Å². The molecule has 0 amide bonds. The normalized spacial score (nSPS) is 23.3. The summed E-state index contributed by atoms with van der Waals surface area (Å²) in [6.07, 6.45) is -10.3. The number of rotatable bonds is 13. The number of nitrogens with one attached hydrogen (secondary N) is 1. The largest absolute Gasteiger partial charge is 0.756 e. The van der Waals surface area contributed by atoms with E-state index in [0.29, 0.717) is 0 Å². The van der Waals surface area contributed by atoms with E-state index < -0.39 is 89.5 Å². The zero-order valence-electron chi connectivity index (χ0n) is 27.4. The molecule has 24 nitrogen and oxygen atoms in total. The second-order valence-corrected chi connectivity index (χ2v) is 15.0. The average Bonchev–Trinajstić information content (AvgIpc) is 3.63. The van der Waals surface area contributed by atoms with Crippen molar-refractivity contribution in [1.29, 1.82) is 0 Å². The minimum Gasteiger partial charge on any atom is -0.756 e. The number of nitrogens with zero attached hydrogens (tertiary/aromatic N) is 7. The molecule has 286 valence electrons. The summed E-state index contributed by atoms with van der Waals surface area (Å²) in [5.74, 6) is -0.243. The molecule has 1 saturated heterocycles. The first-order valence-electron chi connectivity index (χ1n) is 15.4. The molecule has 0 spiro atoms. The van der Waals surface area contributed by atoms with Crippen LogP contribution in [0.15, 0.2) is 34.4 Å². The molecular weight excluding hydrogens is 752 g/mol. The number of phosphoric ester groups is 2. The van der Waals surface area contributed by atoms with Gasteiger partial charge in [-0.25, -0.2) is 29.0 Å². The number of anilines is 1. The SMILES string of the molecule is Cc1cc2nc3c(=O)[nH]c(=O)nc-3n(C[C@H](O)[C@H](O)[C@H](O)COP(=O)([O-])OP(=O)([O-])OC[C@H]3O[C@@H](n4cnc5c(N)ncnc54)[C@H](O)[C@@H]3O)c2cc1C. The van der Waals surface area contributed by atoms with Crippen molar-refractivity contribution in [2.45, 2.75) is 63.2 Å². The van der Waals surface area contributed by atoms with Crippen molar-refractivity contribution in [3.8, 4) is 11.5 Å². The second kappa shape index (κ2) is 14.6. The Morgan fingerprint density at radius 3 is 2.43 bits per heavy atom. The molecular formula is C27H31N9O15P2-2. The minimum atomic E-state index is -5.85. The van der Waals surface area contributed by atoms with E-state index >= 15 is 0 Å². The number of phosphoric acid groups is 2. The van der Waals surface area contributed by atoms with Gasteiger partial charge >= 0.3 is 5.69 Å². The molecule has 3 aromatic rings. The highest BCUT2D eigenvalue weighted by molar-refractivity contribution is 7.59. The highest BCUT2D eigenvalue weighted by Gasteiger charge is 2.45. The number of H-pyrrole nitrogens is 1. The summed E-state index contributed by atoms with van der Waals surface area (Å²) in [5.41, 5.74) is 5.97. The Balaban J connectivity index is 1.07. The molecule has 53 heavy (non-hydrogen) atoms. The quantitative estimate of drug-likeness (QED) is 0.0446. The Kier molecular flexibility index (Phi) is 10.6. The van der Waals surface area contributed by atoms with E-state index in [1.54, 1.807) is 26.0 Å². The van der Waals surface area contributed by atoms with Gasteiger partial charge in [0.2, 0.25) is 0 Å². The standard InChI is InChI=1S/C27H33N9O15P2/c1-10-3-12-13(4-11(10)2)35(24-18(32-12)25(42)34-27(43)33-24)5-14(37)19(39)15(38)6-48-52(44,45)51-53(46,47)49-7-16-20(40)21(41)26(50-16)36-9-31-17-22(28)29-8-30-23(17)36/h3-4,8-9,14-16,19-21,26,37-41H,5-7H2,1-2H3,(H,44,45)(H,46,47)(H2,28,29,30)(H,34,42,43)/p-2/t14-,15+,16+,19-,20+,21+,26+/m0/s1. The number of nitrogen functional groups attached to an aromatic ring is 1. The number of aliphatic hydroxyl groups is 5. The maximum Gasteiger partial charge on any atom is 0.349 e. The third-order valence-corrected chi connectivity index (χ3v) is 10.9. The fourth-order valence-corrected chi connectivity index (χ4v) is 7.56. The number of aliphatic hydroxyl groups excluding tert-OH is 5. The highest BCUT2D eigenvalue weighted by atomic mass is 31.3. The van der Waals surface area contributed by atoms with Gasteiger partial charge in [0.1, 0.15) is 48.5 Å². The van der Waals surface area contributed by atoms with Crippen LogP contribution in [0.1, 0.15) is 17.4 Å². The molecule has 0 saturated carbocycles. The third-order valence-electron chi connectivity index (χ3n) is 8.38. The van der Waals surface area contributed by atoms with Crippen LogP contribution < -0.4 is 26.8 Å². The molecule has 0 bridgehead atoms. The van der Waals surface area contributed by atoms with Gasteiger partial charge in [0.05, 0.1) is 37.1 Å². The highest BCUT2D eigenvalue weighted by Crippen LogP contribution is 2.56. The number of benzene rings is 1. The summed E-state index contributed by atoms with van der Waals surface area (Å²) in [6.45, 7) is 0.570. The Morgan fingerprint density at radius 2 is 1.70 bits per heavy atom. The van der Waals surface area contributed by atoms with Crippen LogP contribution in [0.5, 0.6) is 0 Å². The number of aryl methyl sites for hydroxylation is 2. The molecule has 3 aliphatic rings. The van der Waals surface area contributed by atoms with Crippen molar-refractivity contribution in [3.63, 3.8) is 0 Å². The molecule has 1 fully saturated rings. The van der Waals surface area contributed by atoms with Crippen LogP contribution in [0.4, 0.5) is 5.82 Å². The van der Waals surface area contributed by atoms with E-state index in [4.69, 9.17) is 10.5 Å². The van der Waals surface area contributed by atoms with Gasteiger partial charge in [-0.2, -0.15) is 4.98 Å². The van der Waals surface area contributed by atoms with Crippen molar-refractivity contribution in [2.75, 3.05) is 18.9 Å². The van der Waals surface area contributed by atoms with Crippen molar-refractivity contribution >= 4 is 43.7 Å². The Morgan fingerprint density at radius 1 is 1.00 bits per heavy atom. The molecule has 0 aliphatic carbocycles. The minimum absolute atomic E-state index is 0.0151. The number of hydrogen-bond acceptors (Lipinski definition) is 21. The van der Waals surface area contributed by atoms with Gasteiger partial charge < -0.3 is 59.4 Å². The van der Waals surface area contributed by atoms with Crippen LogP contribution in [0.3, 0.4) is 0 Å². The fourth-order valence-electron chi connectivity index (χ4n) is 5.54. The maximum absolute atomic E-state index is 12.5. The van der Waals surface area contributed by atoms with Crippen LogP contribution in [0.25, 0.3) is 33.7 Å². The van der Waals surface area contributed by atoms with Crippen molar-refractivity contribution in [1.82, 2.24) is 39.0 Å². The molecule has 2 unspecified atom stereocenters. The van der Waals surface area contributed by atoms with E-state index in [2.05, 4.69) is 38.3 Å². The van der Waals surface area contributed by atoms with Gasteiger partial charge in [-0.3, -0.25) is 23.5 Å². The van der Waals surface area contributed by atoms with Gasteiger partial charge in [0.15, 0.2) is 29.2 Å². The van der Waals surface area contributed by atoms with Crippen molar-refractivity contribution in [2.24, 2.45) is 0 Å². The van der Waals surface area contributed by atoms with Crippen LogP contribution in [-0.2, 0) is 33.8 Å². The lowest BCUT2D eigenvalue weighted by Crippen LogP contribution is -2.43. The van der Waals surface area contributed by atoms with Gasteiger partial charge in [-0.05, 0) is 37.1 Å². The Hall–Kier alpha value is -4.13. The number of nitrogens with two attached hydrogens (primary N) is 1. The number of aromatic nitrogens is 8. The number of hydrogen-bond donors (Lipinski definition) is 7. The number of fused-ring (bicyclic) bond motifs is 3. The van der Waals surface area contributed by atoms with Crippen molar-refractivity contribution < 1.29 is 62.5 Å². The zero-order chi connectivity index (χ0) is 38.6. The topological polar surface area (TPSA) is 369 Å². The zero-order valence-corrected chi connectivity index (χ0v) is 29.2. The molecule has 9 atom stereocenters. The molecule has 0 radical (unpaired) electrons. The maximum atomic E-state index is 12.5. The van der Waals surface area contributed by atoms with Crippen LogP contribution >= 0.6 is 15.6 Å². The molecule has 26 heteroatoms. The molecule has 6 rings (SSSR count). The Labute approximate surface area is 295 Å². The monoisotopic (exact) mass is 783 g/mol. The predicted octanol–water partition coefficient (Wildman–Crippen LogP) is -3.69. The Bertz CT molecular complexity index is 2350. The van der Waals surface area contributed by atoms with E-state index in [9.17, 15) is 54.0 Å². The van der Waals surface area contributed by atoms with Gasteiger partial charge in [0.25, 0.3) is 21.2 Å². The molecule has 5 heterocycles. The van der Waals surface area contributed by atoms with E-state index in [1.165, 1.54) is 15.5 Å². The molecule has 2 aromatic heterocycles. The molecule has 8 N–H and O–H groups in total. The third kappa shape index (κ3) is 7.91. The van der Waals surface area contributed by atoms with E-state index in [1.807, 2.05) is 4.98 Å². The summed E-state index contributed by atoms with van der Waals surface area (Å²) in [4.78, 5) is 71.1. The lowest BCUT2D eigenvalue weighted by molar-refractivity contribution is -0.247. The summed E-state index contributed by atoms with van der Waals surface area (Å²) >= 11 is 0.